The highest BCUT2D eigenvalue weighted by atomic mass is 16.2. The maximum atomic E-state index is 11.8. The Morgan fingerprint density at radius 3 is 2.53 bits per heavy atom. The predicted octanol–water partition coefficient (Wildman–Crippen LogP) is 0.511. The largest absolute Gasteiger partial charge is 0.355 e. The number of benzene rings is 1. The Morgan fingerprint density at radius 1 is 1.16 bits per heavy atom. The number of carbonyl (C=O) groups excluding carboxylic acids is 3. The fourth-order valence-corrected chi connectivity index (χ4v) is 1.46. The molecule has 0 spiro atoms. The summed E-state index contributed by atoms with van der Waals surface area (Å²) < 4.78 is 0. The molecule has 6 nitrogen and oxygen atoms in total. The molecule has 3 amide bonds. The fourth-order valence-electron chi connectivity index (χ4n) is 1.46. The molecule has 0 atom stereocenters. The minimum absolute atomic E-state index is 0.0724. The Balaban J connectivity index is 2.61. The van der Waals surface area contributed by atoms with Crippen molar-refractivity contribution in [3.05, 3.63) is 29.8 Å². The lowest BCUT2D eigenvalue weighted by atomic mass is 10.2. The first-order valence-electron chi connectivity index (χ1n) is 5.95. The minimum atomic E-state index is -0.363. The number of hydrogen-bond donors (Lipinski definition) is 3. The van der Waals surface area contributed by atoms with Gasteiger partial charge >= 0.3 is 0 Å². The minimum Gasteiger partial charge on any atom is -0.355 e. The summed E-state index contributed by atoms with van der Waals surface area (Å²) in [5.41, 5.74) is 0.925. The molecule has 1 aromatic rings. The Labute approximate surface area is 111 Å². The van der Waals surface area contributed by atoms with Crippen LogP contribution in [0.3, 0.4) is 0 Å². The molecule has 0 aromatic heterocycles. The summed E-state index contributed by atoms with van der Waals surface area (Å²) in [6.07, 6.45) is 0. The van der Waals surface area contributed by atoms with Crippen molar-refractivity contribution < 1.29 is 14.4 Å². The van der Waals surface area contributed by atoms with E-state index in [2.05, 4.69) is 16.0 Å². The highest BCUT2D eigenvalue weighted by molar-refractivity contribution is 5.98. The van der Waals surface area contributed by atoms with Crippen LogP contribution in [0.25, 0.3) is 0 Å². The first-order chi connectivity index (χ1) is 9.02. The molecule has 0 aliphatic carbocycles. The second-order valence-electron chi connectivity index (χ2n) is 3.90. The summed E-state index contributed by atoms with van der Waals surface area (Å²) in [4.78, 5) is 33.9. The van der Waals surface area contributed by atoms with Gasteiger partial charge in [0, 0.05) is 24.7 Å². The van der Waals surface area contributed by atoms with Crippen molar-refractivity contribution >= 4 is 23.4 Å². The van der Waals surface area contributed by atoms with Crippen LogP contribution in [0.15, 0.2) is 24.3 Å². The summed E-state index contributed by atoms with van der Waals surface area (Å²) in [5, 5.41) is 7.67. The van der Waals surface area contributed by atoms with Crippen molar-refractivity contribution in [2.24, 2.45) is 0 Å². The lowest BCUT2D eigenvalue weighted by Gasteiger charge is -2.07. The van der Waals surface area contributed by atoms with Crippen LogP contribution in [0, 0.1) is 0 Å². The third-order valence-corrected chi connectivity index (χ3v) is 2.23. The smallest absolute Gasteiger partial charge is 0.251 e. The number of nitrogens with one attached hydrogen (secondary N) is 3. The van der Waals surface area contributed by atoms with E-state index in [4.69, 9.17) is 0 Å². The van der Waals surface area contributed by atoms with Crippen LogP contribution in [0.4, 0.5) is 5.69 Å². The average molecular weight is 263 g/mol. The van der Waals surface area contributed by atoms with Gasteiger partial charge in [0.1, 0.15) is 0 Å². The molecule has 19 heavy (non-hydrogen) atoms. The molecule has 0 bridgehead atoms. The van der Waals surface area contributed by atoms with Crippen molar-refractivity contribution in [2.45, 2.75) is 13.8 Å². The second kappa shape index (κ2) is 7.15. The number of likely N-dealkylation sites (N-methyl/N-ethyl adjacent to an activating group) is 1. The lowest BCUT2D eigenvalue weighted by Crippen LogP contribution is -2.36. The maximum absolute atomic E-state index is 11.8. The number of hydrogen-bond acceptors (Lipinski definition) is 3. The molecular formula is C13H17N3O3. The fraction of sp³-hybridized carbons (Fsp3) is 0.308. The van der Waals surface area contributed by atoms with E-state index in [-0.39, 0.29) is 24.3 Å². The Hall–Kier alpha value is -2.37. The molecule has 0 saturated carbocycles. The van der Waals surface area contributed by atoms with E-state index >= 15 is 0 Å². The van der Waals surface area contributed by atoms with Gasteiger partial charge in [0.25, 0.3) is 5.91 Å². The molecule has 6 heteroatoms. The average Bonchev–Trinajstić information content (AvgIpc) is 2.36. The van der Waals surface area contributed by atoms with E-state index in [1.807, 2.05) is 0 Å². The molecule has 0 unspecified atom stereocenters. The normalized spacial score (nSPS) is 9.58. The van der Waals surface area contributed by atoms with E-state index in [0.29, 0.717) is 17.8 Å². The van der Waals surface area contributed by atoms with Gasteiger partial charge < -0.3 is 16.0 Å². The SMILES string of the molecule is CCNC(=O)CNC(=O)c1cccc(NC(C)=O)c1. The third-order valence-electron chi connectivity index (χ3n) is 2.23. The quantitative estimate of drug-likeness (QED) is 0.723. The summed E-state index contributed by atoms with van der Waals surface area (Å²) in [6.45, 7) is 3.64. The van der Waals surface area contributed by atoms with E-state index in [0.717, 1.165) is 0 Å². The highest BCUT2D eigenvalue weighted by Gasteiger charge is 2.08. The molecule has 0 saturated heterocycles. The summed E-state index contributed by atoms with van der Waals surface area (Å²) in [6, 6.07) is 6.50. The monoisotopic (exact) mass is 263 g/mol. The first kappa shape index (κ1) is 14.7. The molecule has 1 aromatic carbocycles. The molecule has 0 aliphatic rings. The number of rotatable bonds is 5. The lowest BCUT2D eigenvalue weighted by molar-refractivity contribution is -0.120. The summed E-state index contributed by atoms with van der Waals surface area (Å²) >= 11 is 0. The summed E-state index contributed by atoms with van der Waals surface area (Å²) in [7, 11) is 0. The van der Waals surface area contributed by atoms with Crippen LogP contribution in [-0.2, 0) is 9.59 Å². The number of amides is 3. The van der Waals surface area contributed by atoms with E-state index in [1.54, 1.807) is 31.2 Å². The van der Waals surface area contributed by atoms with Crippen molar-refractivity contribution in [3.8, 4) is 0 Å². The molecule has 3 N–H and O–H groups in total. The molecule has 102 valence electrons. The zero-order valence-corrected chi connectivity index (χ0v) is 10.9. The van der Waals surface area contributed by atoms with Gasteiger partial charge in [0.15, 0.2) is 0 Å². The highest BCUT2D eigenvalue weighted by Crippen LogP contribution is 2.10. The van der Waals surface area contributed by atoms with Crippen molar-refractivity contribution in [1.82, 2.24) is 10.6 Å². The summed E-state index contributed by atoms with van der Waals surface area (Å²) in [5.74, 6) is -0.813. The second-order valence-corrected chi connectivity index (χ2v) is 3.90. The van der Waals surface area contributed by atoms with Gasteiger partial charge in [-0.15, -0.1) is 0 Å². The van der Waals surface area contributed by atoms with Gasteiger partial charge in [-0.2, -0.15) is 0 Å². The van der Waals surface area contributed by atoms with Crippen molar-refractivity contribution in [1.29, 1.82) is 0 Å². The Kier molecular flexibility index (Phi) is 5.53. The van der Waals surface area contributed by atoms with E-state index < -0.39 is 0 Å². The van der Waals surface area contributed by atoms with Gasteiger partial charge in [0.05, 0.1) is 6.54 Å². The first-order valence-corrected chi connectivity index (χ1v) is 5.95. The van der Waals surface area contributed by atoms with Crippen LogP contribution in [0.2, 0.25) is 0 Å². The van der Waals surface area contributed by atoms with Gasteiger partial charge in [-0.05, 0) is 25.1 Å². The number of anilines is 1. The van der Waals surface area contributed by atoms with E-state index in [9.17, 15) is 14.4 Å². The third kappa shape index (κ3) is 5.20. The van der Waals surface area contributed by atoms with Gasteiger partial charge in [-0.25, -0.2) is 0 Å². The van der Waals surface area contributed by atoms with Crippen molar-refractivity contribution in [2.75, 3.05) is 18.4 Å². The van der Waals surface area contributed by atoms with Gasteiger partial charge in [0.2, 0.25) is 11.8 Å². The van der Waals surface area contributed by atoms with Crippen LogP contribution in [0.5, 0.6) is 0 Å². The maximum Gasteiger partial charge on any atom is 0.251 e. The van der Waals surface area contributed by atoms with Crippen LogP contribution in [0.1, 0.15) is 24.2 Å². The zero-order chi connectivity index (χ0) is 14.3. The Morgan fingerprint density at radius 2 is 1.89 bits per heavy atom. The van der Waals surface area contributed by atoms with Crippen LogP contribution in [-0.4, -0.2) is 30.8 Å². The Bertz CT molecular complexity index is 486. The van der Waals surface area contributed by atoms with Gasteiger partial charge in [-0.3, -0.25) is 14.4 Å². The molecule has 0 heterocycles. The van der Waals surface area contributed by atoms with Crippen LogP contribution < -0.4 is 16.0 Å². The molecule has 0 aliphatic heterocycles. The predicted molar refractivity (Wildman–Crippen MR) is 71.8 cm³/mol. The molecule has 1 rings (SSSR count). The van der Waals surface area contributed by atoms with Crippen molar-refractivity contribution in [3.63, 3.8) is 0 Å². The van der Waals surface area contributed by atoms with Crippen LogP contribution >= 0.6 is 0 Å². The standard InChI is InChI=1S/C13H17N3O3/c1-3-14-12(18)8-15-13(19)10-5-4-6-11(7-10)16-9(2)17/h4-7H,3,8H2,1-2H3,(H,14,18)(H,15,19)(H,16,17). The molecular weight excluding hydrogens is 246 g/mol. The zero-order valence-electron chi connectivity index (χ0n) is 10.9. The number of carbonyl (C=O) groups is 3. The van der Waals surface area contributed by atoms with E-state index in [1.165, 1.54) is 6.92 Å². The molecule has 0 radical (unpaired) electrons. The van der Waals surface area contributed by atoms with Gasteiger partial charge in [-0.1, -0.05) is 6.07 Å². The molecule has 0 fully saturated rings. The topological polar surface area (TPSA) is 87.3 Å².